The van der Waals surface area contributed by atoms with Crippen molar-refractivity contribution in [2.75, 3.05) is 26.9 Å². The summed E-state index contributed by atoms with van der Waals surface area (Å²) >= 11 is 0. The smallest absolute Gasteiger partial charge is 0.0991 e. The van der Waals surface area contributed by atoms with Gasteiger partial charge in [0.25, 0.3) is 0 Å². The molecule has 4 heteroatoms. The summed E-state index contributed by atoms with van der Waals surface area (Å²) in [5.41, 5.74) is 0. The second-order valence-corrected chi connectivity index (χ2v) is 6.68. The zero-order valence-electron chi connectivity index (χ0n) is 14.0. The van der Waals surface area contributed by atoms with E-state index in [0.29, 0.717) is 25.4 Å². The molecule has 1 N–H and O–H groups in total. The zero-order chi connectivity index (χ0) is 15.1. The highest BCUT2D eigenvalue weighted by atomic mass is 16.6. The van der Waals surface area contributed by atoms with E-state index in [-0.39, 0.29) is 12.2 Å². The number of rotatable bonds is 9. The lowest BCUT2D eigenvalue weighted by atomic mass is 9.83. The maximum Gasteiger partial charge on any atom is 0.0991 e. The molecule has 3 unspecified atom stereocenters. The Morgan fingerprint density at radius 3 is 2.52 bits per heavy atom. The van der Waals surface area contributed by atoms with Crippen molar-refractivity contribution in [2.24, 2.45) is 5.92 Å². The van der Waals surface area contributed by atoms with Gasteiger partial charge in [-0.3, -0.25) is 0 Å². The van der Waals surface area contributed by atoms with Crippen LogP contribution in [0.4, 0.5) is 0 Å². The van der Waals surface area contributed by atoms with E-state index < -0.39 is 0 Å². The molecule has 0 saturated heterocycles. The number of ether oxygens (including phenoxy) is 3. The fourth-order valence-electron chi connectivity index (χ4n) is 3.35. The average molecular weight is 299 g/mol. The molecule has 21 heavy (non-hydrogen) atoms. The molecule has 2 saturated carbocycles. The minimum absolute atomic E-state index is 0.200. The van der Waals surface area contributed by atoms with Crippen molar-refractivity contribution in [3.05, 3.63) is 0 Å². The van der Waals surface area contributed by atoms with Crippen LogP contribution in [0.3, 0.4) is 0 Å². The Balaban J connectivity index is 1.74. The Labute approximate surface area is 129 Å². The SMILES string of the molecule is CCCNC1CC(OC2CCC(C)CC2)C1OCCOC. The molecule has 0 heterocycles. The number of hydrogen-bond acceptors (Lipinski definition) is 4. The van der Waals surface area contributed by atoms with Gasteiger partial charge in [-0.1, -0.05) is 13.8 Å². The Kier molecular flexibility index (Phi) is 7.44. The summed E-state index contributed by atoms with van der Waals surface area (Å²) in [6.45, 7) is 6.92. The molecule has 3 atom stereocenters. The number of methoxy groups -OCH3 is 1. The Hall–Kier alpha value is -0.160. The van der Waals surface area contributed by atoms with Gasteiger partial charge >= 0.3 is 0 Å². The van der Waals surface area contributed by atoms with Crippen LogP contribution >= 0.6 is 0 Å². The third kappa shape index (κ3) is 5.20. The van der Waals surface area contributed by atoms with Crippen LogP contribution in [-0.4, -0.2) is 51.2 Å². The normalized spacial score (nSPS) is 36.4. The second-order valence-electron chi connectivity index (χ2n) is 6.68. The summed E-state index contributed by atoms with van der Waals surface area (Å²) in [5.74, 6) is 0.874. The van der Waals surface area contributed by atoms with E-state index in [0.717, 1.165) is 25.3 Å². The van der Waals surface area contributed by atoms with Crippen LogP contribution in [0.1, 0.15) is 52.4 Å². The molecular formula is C17H33NO3. The third-order valence-electron chi connectivity index (χ3n) is 4.83. The summed E-state index contributed by atoms with van der Waals surface area (Å²) in [6.07, 6.45) is 8.23. The van der Waals surface area contributed by atoms with Crippen molar-refractivity contribution < 1.29 is 14.2 Å². The van der Waals surface area contributed by atoms with Crippen molar-refractivity contribution in [1.82, 2.24) is 5.32 Å². The summed E-state index contributed by atoms with van der Waals surface area (Å²) in [5, 5.41) is 3.57. The van der Waals surface area contributed by atoms with Crippen molar-refractivity contribution in [2.45, 2.75) is 76.7 Å². The minimum atomic E-state index is 0.200. The molecule has 124 valence electrons. The molecule has 4 nitrogen and oxygen atoms in total. The topological polar surface area (TPSA) is 39.7 Å². The lowest BCUT2D eigenvalue weighted by Crippen LogP contribution is -2.61. The molecule has 0 radical (unpaired) electrons. The van der Waals surface area contributed by atoms with Crippen LogP contribution in [0.2, 0.25) is 0 Å². The molecule has 2 fully saturated rings. The molecule has 0 aromatic carbocycles. The summed E-state index contributed by atoms with van der Waals surface area (Å²) in [6, 6.07) is 0.453. The van der Waals surface area contributed by atoms with Crippen LogP contribution in [0.15, 0.2) is 0 Å². The van der Waals surface area contributed by atoms with Crippen LogP contribution in [-0.2, 0) is 14.2 Å². The van der Waals surface area contributed by atoms with Crippen molar-refractivity contribution in [1.29, 1.82) is 0 Å². The predicted octanol–water partition coefficient (Wildman–Crippen LogP) is 2.75. The van der Waals surface area contributed by atoms with Gasteiger partial charge in [-0.25, -0.2) is 0 Å². The first-order valence-corrected chi connectivity index (χ1v) is 8.74. The maximum atomic E-state index is 6.32. The molecule has 0 aliphatic heterocycles. The largest absolute Gasteiger partial charge is 0.382 e. The van der Waals surface area contributed by atoms with Crippen LogP contribution in [0.5, 0.6) is 0 Å². The van der Waals surface area contributed by atoms with Gasteiger partial charge in [-0.2, -0.15) is 0 Å². The zero-order valence-corrected chi connectivity index (χ0v) is 14.0. The van der Waals surface area contributed by atoms with Gasteiger partial charge in [-0.05, 0) is 51.0 Å². The fraction of sp³-hybridized carbons (Fsp3) is 1.00. The second kappa shape index (κ2) is 9.09. The van der Waals surface area contributed by atoms with Gasteiger partial charge in [0.05, 0.1) is 31.5 Å². The Morgan fingerprint density at radius 1 is 1.10 bits per heavy atom. The quantitative estimate of drug-likeness (QED) is 0.665. The van der Waals surface area contributed by atoms with E-state index in [1.165, 1.54) is 25.7 Å². The van der Waals surface area contributed by atoms with Crippen molar-refractivity contribution in [3.8, 4) is 0 Å². The Morgan fingerprint density at radius 2 is 1.86 bits per heavy atom. The molecule has 2 aliphatic carbocycles. The molecule has 2 rings (SSSR count). The Bertz CT molecular complexity index is 279. The molecule has 0 spiro atoms. The van der Waals surface area contributed by atoms with Gasteiger partial charge in [0.1, 0.15) is 0 Å². The average Bonchev–Trinajstić information content (AvgIpc) is 2.48. The van der Waals surface area contributed by atoms with E-state index in [2.05, 4.69) is 19.2 Å². The van der Waals surface area contributed by atoms with E-state index >= 15 is 0 Å². The first-order chi connectivity index (χ1) is 10.2. The first kappa shape index (κ1) is 17.2. The summed E-state index contributed by atoms with van der Waals surface area (Å²) in [7, 11) is 1.72. The lowest BCUT2D eigenvalue weighted by Gasteiger charge is -2.46. The van der Waals surface area contributed by atoms with Crippen LogP contribution in [0, 0.1) is 5.92 Å². The maximum absolute atomic E-state index is 6.32. The minimum Gasteiger partial charge on any atom is -0.382 e. The highest BCUT2D eigenvalue weighted by Crippen LogP contribution is 2.33. The molecular weight excluding hydrogens is 266 g/mol. The van der Waals surface area contributed by atoms with Crippen molar-refractivity contribution in [3.63, 3.8) is 0 Å². The fourth-order valence-corrected chi connectivity index (χ4v) is 3.35. The first-order valence-electron chi connectivity index (χ1n) is 8.74. The van der Waals surface area contributed by atoms with E-state index in [1.54, 1.807) is 7.11 Å². The number of hydrogen-bond donors (Lipinski definition) is 1. The summed E-state index contributed by atoms with van der Waals surface area (Å²) in [4.78, 5) is 0. The predicted molar refractivity (Wildman–Crippen MR) is 84.6 cm³/mol. The van der Waals surface area contributed by atoms with Gasteiger partial charge in [0.2, 0.25) is 0 Å². The van der Waals surface area contributed by atoms with Gasteiger partial charge in [0, 0.05) is 13.2 Å². The van der Waals surface area contributed by atoms with Crippen LogP contribution in [0.25, 0.3) is 0 Å². The van der Waals surface area contributed by atoms with Crippen molar-refractivity contribution >= 4 is 0 Å². The number of nitrogens with one attached hydrogen (secondary N) is 1. The molecule has 0 amide bonds. The highest BCUT2D eigenvalue weighted by molar-refractivity contribution is 4.98. The van der Waals surface area contributed by atoms with E-state index in [1.807, 2.05) is 0 Å². The third-order valence-corrected chi connectivity index (χ3v) is 4.83. The van der Waals surface area contributed by atoms with E-state index in [4.69, 9.17) is 14.2 Å². The summed E-state index contributed by atoms with van der Waals surface area (Å²) < 4.78 is 17.4. The molecule has 0 aromatic rings. The molecule has 0 aromatic heterocycles. The monoisotopic (exact) mass is 299 g/mol. The van der Waals surface area contributed by atoms with Crippen LogP contribution < -0.4 is 5.32 Å². The highest BCUT2D eigenvalue weighted by Gasteiger charge is 2.43. The van der Waals surface area contributed by atoms with Gasteiger partial charge in [-0.15, -0.1) is 0 Å². The van der Waals surface area contributed by atoms with Gasteiger partial charge in [0.15, 0.2) is 0 Å². The molecule has 2 aliphatic rings. The standard InChI is InChI=1S/C17H33NO3/c1-4-9-18-15-12-16(17(15)20-11-10-19-3)21-14-7-5-13(2)6-8-14/h13-18H,4-12H2,1-3H3. The molecule has 0 bridgehead atoms. The lowest BCUT2D eigenvalue weighted by molar-refractivity contribution is -0.177. The van der Waals surface area contributed by atoms with E-state index in [9.17, 15) is 0 Å². The van der Waals surface area contributed by atoms with Gasteiger partial charge < -0.3 is 19.5 Å².